The van der Waals surface area contributed by atoms with Gasteiger partial charge in [0.05, 0.1) is 0 Å². The Morgan fingerprint density at radius 3 is 2.44 bits per heavy atom. The lowest BCUT2D eigenvalue weighted by molar-refractivity contribution is -0.135. The Balaban J connectivity index is 2.66. The van der Waals surface area contributed by atoms with E-state index in [4.69, 9.17) is 15.8 Å². The summed E-state index contributed by atoms with van der Waals surface area (Å²) in [5, 5.41) is 0. The molecule has 4 N–H and O–H groups in total. The quantitative estimate of drug-likeness (QED) is 0.766. The molecule has 0 amide bonds. The molecular weight excluding hydrogens is 231 g/mol. The van der Waals surface area contributed by atoms with Gasteiger partial charge in [-0.25, -0.2) is 14.9 Å². The summed E-state index contributed by atoms with van der Waals surface area (Å²) in [6.07, 6.45) is 0. The highest BCUT2D eigenvalue weighted by molar-refractivity contribution is 7.52. The monoisotopic (exact) mass is 244 g/mol. The minimum atomic E-state index is -3.95. The van der Waals surface area contributed by atoms with Crippen molar-refractivity contribution in [1.82, 2.24) is 0 Å². The molecule has 1 aromatic carbocycles. The molecule has 2 unspecified atom stereocenters. The van der Waals surface area contributed by atoms with E-state index in [-0.39, 0.29) is 5.75 Å². The lowest BCUT2D eigenvalue weighted by Gasteiger charge is -2.14. The van der Waals surface area contributed by atoms with Gasteiger partial charge in [-0.05, 0) is 19.1 Å². The molecule has 0 aliphatic heterocycles. The van der Waals surface area contributed by atoms with Crippen LogP contribution in [0.4, 0.5) is 0 Å². The average Bonchev–Trinajstić information content (AvgIpc) is 2.17. The van der Waals surface area contributed by atoms with Crippen LogP contribution in [0.2, 0.25) is 0 Å². The van der Waals surface area contributed by atoms with Crippen molar-refractivity contribution < 1.29 is 18.4 Å². The van der Waals surface area contributed by atoms with E-state index >= 15 is 0 Å². The highest BCUT2D eigenvalue weighted by Gasteiger charge is 2.26. The maximum Gasteiger partial charge on any atom is 0.512 e. The summed E-state index contributed by atoms with van der Waals surface area (Å²) in [5.41, 5.74) is 10.5. The van der Waals surface area contributed by atoms with Crippen LogP contribution >= 0.6 is 7.75 Å². The molecular formula is C9H13N2O4P. The van der Waals surface area contributed by atoms with Crippen LogP contribution < -0.4 is 15.8 Å². The average molecular weight is 244 g/mol. The molecule has 6 nitrogen and oxygen atoms in total. The number of benzene rings is 1. The Hall–Kier alpha value is -1.36. The normalized spacial score (nSPS) is 15.9. The first-order chi connectivity index (χ1) is 7.41. The summed E-state index contributed by atoms with van der Waals surface area (Å²) in [7, 11) is -3.95. The SMILES string of the molecule is CC(N)C(=O)OP(N)(=O)Oc1ccccc1. The number of hydrogen-bond donors (Lipinski definition) is 2. The standard InChI is InChI=1S/C9H13N2O4P/c1-7(10)9(12)15-16(11,13)14-8-5-3-2-4-6-8/h2-7H,10H2,1H3,(H2,11,13). The molecule has 0 aliphatic carbocycles. The van der Waals surface area contributed by atoms with Crippen molar-refractivity contribution in [3.8, 4) is 5.75 Å². The third-order valence-electron chi connectivity index (χ3n) is 1.56. The first kappa shape index (κ1) is 12.7. The molecule has 1 aromatic rings. The van der Waals surface area contributed by atoms with Gasteiger partial charge in [0.15, 0.2) is 0 Å². The third kappa shape index (κ3) is 4.02. The predicted octanol–water partition coefficient (Wildman–Crippen LogP) is 1.02. The zero-order chi connectivity index (χ0) is 12.2. The molecule has 0 bridgehead atoms. The van der Waals surface area contributed by atoms with Crippen LogP contribution in [0.25, 0.3) is 0 Å². The van der Waals surface area contributed by atoms with Gasteiger partial charge in [0.1, 0.15) is 11.8 Å². The van der Waals surface area contributed by atoms with Crippen LogP contribution in [0.1, 0.15) is 6.92 Å². The van der Waals surface area contributed by atoms with Gasteiger partial charge < -0.3 is 14.8 Å². The summed E-state index contributed by atoms with van der Waals surface area (Å²) in [6.45, 7) is 1.39. The second-order valence-electron chi connectivity index (χ2n) is 3.14. The third-order valence-corrected chi connectivity index (χ3v) is 2.46. The van der Waals surface area contributed by atoms with E-state index in [1.54, 1.807) is 30.3 Å². The van der Waals surface area contributed by atoms with E-state index in [1.807, 2.05) is 0 Å². The largest absolute Gasteiger partial charge is 0.512 e. The Kier molecular flexibility index (Phi) is 4.06. The van der Waals surface area contributed by atoms with E-state index in [1.165, 1.54) is 6.92 Å². The minimum absolute atomic E-state index is 0.255. The molecule has 0 saturated carbocycles. The van der Waals surface area contributed by atoms with E-state index in [0.717, 1.165) is 0 Å². The number of carbonyl (C=O) groups excluding carboxylic acids is 1. The fourth-order valence-corrected chi connectivity index (χ4v) is 1.73. The van der Waals surface area contributed by atoms with Crippen molar-refractivity contribution in [3.05, 3.63) is 30.3 Å². The molecule has 0 heterocycles. The molecule has 0 aromatic heterocycles. The van der Waals surface area contributed by atoms with Gasteiger partial charge in [-0.3, -0.25) is 0 Å². The van der Waals surface area contributed by atoms with Gasteiger partial charge >= 0.3 is 13.7 Å². The Labute approximate surface area is 93.1 Å². The van der Waals surface area contributed by atoms with Gasteiger partial charge in [0.2, 0.25) is 0 Å². The summed E-state index contributed by atoms with van der Waals surface area (Å²) in [6, 6.07) is 7.27. The smallest absolute Gasteiger partial charge is 0.405 e. The van der Waals surface area contributed by atoms with E-state index in [9.17, 15) is 9.36 Å². The van der Waals surface area contributed by atoms with Crippen molar-refractivity contribution in [1.29, 1.82) is 0 Å². The van der Waals surface area contributed by atoms with Crippen molar-refractivity contribution in [3.63, 3.8) is 0 Å². The van der Waals surface area contributed by atoms with E-state index in [2.05, 4.69) is 4.52 Å². The lowest BCUT2D eigenvalue weighted by Crippen LogP contribution is -2.29. The first-order valence-electron chi connectivity index (χ1n) is 4.53. The van der Waals surface area contributed by atoms with E-state index in [0.29, 0.717) is 0 Å². The summed E-state index contributed by atoms with van der Waals surface area (Å²) >= 11 is 0. The van der Waals surface area contributed by atoms with Crippen LogP contribution in [-0.2, 0) is 13.9 Å². The summed E-state index contributed by atoms with van der Waals surface area (Å²) in [4.78, 5) is 11.1. The fraction of sp³-hybridized carbons (Fsp3) is 0.222. The van der Waals surface area contributed by atoms with Gasteiger partial charge in [0.25, 0.3) is 0 Å². The number of rotatable bonds is 4. The molecule has 0 fully saturated rings. The zero-order valence-corrected chi connectivity index (χ0v) is 9.59. The maximum atomic E-state index is 11.6. The highest BCUT2D eigenvalue weighted by Crippen LogP contribution is 2.40. The van der Waals surface area contributed by atoms with Gasteiger partial charge in [-0.2, -0.15) is 0 Å². The second kappa shape index (κ2) is 5.12. The molecule has 0 aliphatic rings. The minimum Gasteiger partial charge on any atom is -0.405 e. The molecule has 88 valence electrons. The lowest BCUT2D eigenvalue weighted by atomic mass is 10.3. The summed E-state index contributed by atoms with van der Waals surface area (Å²) in [5.74, 6) is -0.618. The van der Waals surface area contributed by atoms with Crippen molar-refractivity contribution >= 4 is 13.7 Å². The van der Waals surface area contributed by atoms with Crippen LogP contribution in [0.3, 0.4) is 0 Å². The summed E-state index contributed by atoms with van der Waals surface area (Å²) < 4.78 is 20.9. The number of nitrogens with two attached hydrogens (primary N) is 2. The fourth-order valence-electron chi connectivity index (χ4n) is 0.855. The van der Waals surface area contributed by atoms with Crippen LogP contribution in [0.5, 0.6) is 5.75 Å². The highest BCUT2D eigenvalue weighted by atomic mass is 31.2. The van der Waals surface area contributed by atoms with Crippen LogP contribution in [0.15, 0.2) is 30.3 Å². The van der Waals surface area contributed by atoms with Crippen LogP contribution in [0, 0.1) is 0 Å². The predicted molar refractivity (Wildman–Crippen MR) is 58.6 cm³/mol. The Morgan fingerprint density at radius 1 is 1.38 bits per heavy atom. The molecule has 0 spiro atoms. The Morgan fingerprint density at radius 2 is 1.94 bits per heavy atom. The van der Waals surface area contributed by atoms with Gasteiger partial charge in [-0.1, -0.05) is 18.2 Å². The van der Waals surface area contributed by atoms with Crippen molar-refractivity contribution in [2.75, 3.05) is 0 Å². The molecule has 16 heavy (non-hydrogen) atoms. The molecule has 2 atom stereocenters. The van der Waals surface area contributed by atoms with Crippen molar-refractivity contribution in [2.45, 2.75) is 13.0 Å². The Bertz CT molecular complexity index is 407. The molecule has 0 radical (unpaired) electrons. The zero-order valence-electron chi connectivity index (χ0n) is 8.70. The number of para-hydroxylation sites is 1. The van der Waals surface area contributed by atoms with Gasteiger partial charge in [0, 0.05) is 0 Å². The first-order valence-corrected chi connectivity index (χ1v) is 6.14. The molecule has 0 saturated heterocycles. The molecule has 1 rings (SSSR count). The van der Waals surface area contributed by atoms with Gasteiger partial charge in [-0.15, -0.1) is 0 Å². The molecule has 7 heteroatoms. The second-order valence-corrected chi connectivity index (χ2v) is 4.59. The van der Waals surface area contributed by atoms with E-state index < -0.39 is 19.8 Å². The maximum absolute atomic E-state index is 11.6. The number of hydrogen-bond acceptors (Lipinski definition) is 5. The van der Waals surface area contributed by atoms with Crippen LogP contribution in [-0.4, -0.2) is 12.0 Å². The topological polar surface area (TPSA) is 105 Å². The van der Waals surface area contributed by atoms with Crippen molar-refractivity contribution in [2.24, 2.45) is 11.2 Å². The number of carbonyl (C=O) groups is 1.